The van der Waals surface area contributed by atoms with Gasteiger partial charge in [-0.1, -0.05) is 85.3 Å². The van der Waals surface area contributed by atoms with Gasteiger partial charge in [0.25, 0.3) is 0 Å². The van der Waals surface area contributed by atoms with Crippen LogP contribution in [0.15, 0.2) is 78.9 Å². The van der Waals surface area contributed by atoms with E-state index in [-0.39, 0.29) is 19.1 Å². The van der Waals surface area contributed by atoms with E-state index in [0.29, 0.717) is 12.8 Å². The molecule has 0 aliphatic heterocycles. The van der Waals surface area contributed by atoms with Crippen LogP contribution in [0.4, 0.5) is 4.79 Å². The van der Waals surface area contributed by atoms with Gasteiger partial charge < -0.3 is 25.2 Å². The van der Waals surface area contributed by atoms with Gasteiger partial charge in [0, 0.05) is 12.0 Å². The lowest BCUT2D eigenvalue weighted by Crippen LogP contribution is -2.53. The Hall–Kier alpha value is -4.17. The molecule has 3 aromatic carbocycles. The molecule has 8 nitrogen and oxygen atoms in total. The molecule has 0 aromatic heterocycles. The molecular weight excluding hydrogens is 508 g/mol. The van der Waals surface area contributed by atoms with Crippen LogP contribution in [0, 0.1) is 5.92 Å². The van der Waals surface area contributed by atoms with Gasteiger partial charge in [0.1, 0.15) is 6.61 Å². The predicted molar refractivity (Wildman–Crippen MR) is 150 cm³/mol. The summed E-state index contributed by atoms with van der Waals surface area (Å²) in [5, 5.41) is 15.3. The van der Waals surface area contributed by atoms with Crippen LogP contribution >= 0.6 is 0 Å². The smallest absolute Gasteiger partial charge is 0.407 e. The summed E-state index contributed by atoms with van der Waals surface area (Å²) >= 11 is 0. The maximum Gasteiger partial charge on any atom is 0.407 e. The van der Waals surface area contributed by atoms with Gasteiger partial charge in [0.05, 0.1) is 18.6 Å². The van der Waals surface area contributed by atoms with E-state index in [1.165, 1.54) is 0 Å². The molecule has 40 heavy (non-hydrogen) atoms. The van der Waals surface area contributed by atoms with Crippen LogP contribution in [-0.4, -0.2) is 47.9 Å². The third-order valence-corrected chi connectivity index (χ3v) is 7.89. The van der Waals surface area contributed by atoms with Crippen LogP contribution in [0.1, 0.15) is 48.8 Å². The maximum absolute atomic E-state index is 13.2. The number of fused-ring (bicyclic) bond motifs is 3. The van der Waals surface area contributed by atoms with Crippen molar-refractivity contribution in [2.45, 2.75) is 56.9 Å². The molecule has 3 aromatic rings. The fourth-order valence-electron chi connectivity index (χ4n) is 5.78. The zero-order valence-corrected chi connectivity index (χ0v) is 22.4. The Morgan fingerprint density at radius 3 is 2.17 bits per heavy atom. The summed E-state index contributed by atoms with van der Waals surface area (Å²) in [7, 11) is 0. The molecule has 5 rings (SSSR count). The number of carbonyl (C=O) groups is 3. The van der Waals surface area contributed by atoms with Crippen molar-refractivity contribution >= 4 is 18.0 Å². The number of carbonyl (C=O) groups excluding carboxylic acids is 2. The molecule has 1 saturated carbocycles. The largest absolute Gasteiger partial charge is 0.480 e. The minimum Gasteiger partial charge on any atom is -0.480 e. The van der Waals surface area contributed by atoms with Crippen molar-refractivity contribution in [3.63, 3.8) is 0 Å². The average Bonchev–Trinajstić information content (AvgIpc) is 3.56. The fraction of sp³-hybridized carbons (Fsp3) is 0.344. The molecule has 3 N–H and O–H groups in total. The highest BCUT2D eigenvalue weighted by atomic mass is 16.5. The second-order valence-corrected chi connectivity index (χ2v) is 10.4. The van der Waals surface area contributed by atoms with E-state index in [2.05, 4.69) is 34.9 Å². The predicted octanol–water partition coefficient (Wildman–Crippen LogP) is 4.87. The first-order valence-electron chi connectivity index (χ1n) is 13.7. The summed E-state index contributed by atoms with van der Waals surface area (Å²) in [6.07, 6.45) is 0.563. The number of hydrogen-bond donors (Lipinski definition) is 3. The highest BCUT2D eigenvalue weighted by Gasteiger charge is 2.38. The van der Waals surface area contributed by atoms with Gasteiger partial charge in [-0.2, -0.15) is 0 Å². The van der Waals surface area contributed by atoms with Gasteiger partial charge in [-0.3, -0.25) is 4.79 Å². The van der Waals surface area contributed by atoms with Crippen LogP contribution in [-0.2, 0) is 25.7 Å². The number of carboxylic acids is 1. The maximum atomic E-state index is 13.2. The van der Waals surface area contributed by atoms with E-state index in [1.54, 1.807) is 6.92 Å². The van der Waals surface area contributed by atoms with Crippen LogP contribution in [0.5, 0.6) is 0 Å². The Labute approximate surface area is 233 Å². The first-order valence-corrected chi connectivity index (χ1v) is 13.7. The molecule has 0 bridgehead atoms. The Kier molecular flexibility index (Phi) is 8.45. The van der Waals surface area contributed by atoms with Crippen LogP contribution in [0.3, 0.4) is 0 Å². The standard InChI is InChI=1S/C32H34N2O6/c1-20(39-18-21-10-3-2-4-11-21)29(31(36)37)34-30(35)26-16-9-17-28(26)33-32(38)40-19-27-24-14-7-5-12-22(24)23-13-6-8-15-25(23)27/h2-8,10-15,20,26-29H,9,16-19H2,1H3,(H,33,38)(H,34,35)(H,36,37)/t20-,26?,28?,29+/m0/s1. The summed E-state index contributed by atoms with van der Waals surface area (Å²) < 4.78 is 11.4. The van der Waals surface area contributed by atoms with Gasteiger partial charge in [-0.05, 0) is 47.6 Å². The van der Waals surface area contributed by atoms with Crippen molar-refractivity contribution in [2.24, 2.45) is 5.92 Å². The topological polar surface area (TPSA) is 114 Å². The third-order valence-electron chi connectivity index (χ3n) is 7.89. The van der Waals surface area contributed by atoms with Crippen LogP contribution in [0.2, 0.25) is 0 Å². The number of rotatable bonds is 10. The number of carboxylic acid groups (broad SMARTS) is 1. The van der Waals surface area contributed by atoms with Crippen molar-refractivity contribution in [1.82, 2.24) is 10.6 Å². The summed E-state index contributed by atoms with van der Waals surface area (Å²) in [6, 6.07) is 24.0. The Bertz CT molecular complexity index is 1310. The second-order valence-electron chi connectivity index (χ2n) is 10.4. The molecule has 0 heterocycles. The monoisotopic (exact) mass is 542 g/mol. The zero-order valence-electron chi connectivity index (χ0n) is 22.4. The van der Waals surface area contributed by atoms with Crippen molar-refractivity contribution in [3.05, 3.63) is 95.6 Å². The van der Waals surface area contributed by atoms with E-state index >= 15 is 0 Å². The quantitative estimate of drug-likeness (QED) is 0.337. The third kappa shape index (κ3) is 6.02. The molecular formula is C32H34N2O6. The molecule has 0 saturated heterocycles. The van der Waals surface area contributed by atoms with Gasteiger partial charge in [0.2, 0.25) is 5.91 Å². The lowest BCUT2D eigenvalue weighted by Gasteiger charge is -2.26. The van der Waals surface area contributed by atoms with Gasteiger partial charge in [-0.15, -0.1) is 0 Å². The molecule has 2 aliphatic carbocycles. The minimum atomic E-state index is -1.22. The first kappa shape index (κ1) is 27.4. The number of benzene rings is 3. The molecule has 8 heteroatoms. The molecule has 1 fully saturated rings. The highest BCUT2D eigenvalue weighted by Crippen LogP contribution is 2.44. The fourth-order valence-corrected chi connectivity index (χ4v) is 5.78. The van der Waals surface area contributed by atoms with Gasteiger partial charge in [0.15, 0.2) is 6.04 Å². The lowest BCUT2D eigenvalue weighted by atomic mass is 9.98. The Morgan fingerprint density at radius 2 is 1.52 bits per heavy atom. The van der Waals surface area contributed by atoms with Crippen LogP contribution < -0.4 is 10.6 Å². The number of amides is 2. The van der Waals surface area contributed by atoms with Crippen LogP contribution in [0.25, 0.3) is 11.1 Å². The lowest BCUT2D eigenvalue weighted by molar-refractivity contribution is -0.147. The minimum absolute atomic E-state index is 0.0606. The van der Waals surface area contributed by atoms with Crippen molar-refractivity contribution in [2.75, 3.05) is 6.61 Å². The van der Waals surface area contributed by atoms with E-state index in [4.69, 9.17) is 9.47 Å². The molecule has 2 aliphatic rings. The molecule has 2 amide bonds. The van der Waals surface area contributed by atoms with E-state index < -0.39 is 42.1 Å². The SMILES string of the molecule is C[C@H](OCc1ccccc1)[C@@H](NC(=O)C1CCCC1NC(=O)OCC1c2ccccc2-c2ccccc21)C(=O)O. The Morgan fingerprint density at radius 1 is 0.900 bits per heavy atom. The summed E-state index contributed by atoms with van der Waals surface area (Å²) in [4.78, 5) is 37.9. The number of nitrogens with one attached hydrogen (secondary N) is 2. The number of aliphatic carboxylic acids is 1. The van der Waals surface area contributed by atoms with E-state index in [9.17, 15) is 19.5 Å². The average molecular weight is 543 g/mol. The summed E-state index contributed by atoms with van der Waals surface area (Å²) in [5.41, 5.74) is 5.45. The molecule has 208 valence electrons. The zero-order chi connectivity index (χ0) is 28.1. The molecule has 0 spiro atoms. The molecule has 0 radical (unpaired) electrons. The van der Waals surface area contributed by atoms with Gasteiger partial charge >= 0.3 is 12.1 Å². The molecule has 4 atom stereocenters. The van der Waals surface area contributed by atoms with Crippen molar-refractivity contribution in [3.8, 4) is 11.1 Å². The normalized spacial score (nSPS) is 19.2. The summed E-state index contributed by atoms with van der Waals surface area (Å²) in [5.74, 6) is -2.20. The van der Waals surface area contributed by atoms with Crippen molar-refractivity contribution < 1.29 is 29.0 Å². The van der Waals surface area contributed by atoms with Gasteiger partial charge in [-0.25, -0.2) is 9.59 Å². The number of ether oxygens (including phenoxy) is 2. The number of alkyl carbamates (subject to hydrolysis) is 1. The van der Waals surface area contributed by atoms with E-state index in [1.807, 2.05) is 54.6 Å². The second kappa shape index (κ2) is 12.3. The highest BCUT2D eigenvalue weighted by molar-refractivity contribution is 5.86. The van der Waals surface area contributed by atoms with Crippen molar-refractivity contribution in [1.29, 1.82) is 0 Å². The van der Waals surface area contributed by atoms with E-state index in [0.717, 1.165) is 34.2 Å². The number of hydrogen-bond acceptors (Lipinski definition) is 5. The summed E-state index contributed by atoms with van der Waals surface area (Å²) in [6.45, 7) is 2.04. The Balaban J connectivity index is 1.16. The first-order chi connectivity index (χ1) is 19.4. The molecule has 2 unspecified atom stereocenters.